The molecule has 1 atom stereocenters. The fraction of sp³-hybridized carbons (Fsp3) is 0.600. The SMILES string of the molecule is COc1cccc(N(C)CCCCCO)c1[C@H](C)N. The van der Waals surface area contributed by atoms with Crippen molar-refractivity contribution < 1.29 is 9.84 Å². The first-order valence-electron chi connectivity index (χ1n) is 6.86. The van der Waals surface area contributed by atoms with Crippen LogP contribution < -0.4 is 15.4 Å². The van der Waals surface area contributed by atoms with E-state index < -0.39 is 0 Å². The van der Waals surface area contributed by atoms with E-state index >= 15 is 0 Å². The lowest BCUT2D eigenvalue weighted by molar-refractivity contribution is 0.283. The van der Waals surface area contributed by atoms with Crippen molar-refractivity contribution in [1.29, 1.82) is 0 Å². The fourth-order valence-electron chi connectivity index (χ4n) is 2.26. The summed E-state index contributed by atoms with van der Waals surface area (Å²) >= 11 is 0. The highest BCUT2D eigenvalue weighted by molar-refractivity contribution is 5.60. The highest BCUT2D eigenvalue weighted by atomic mass is 16.5. The van der Waals surface area contributed by atoms with Crippen LogP contribution in [0.1, 0.15) is 37.8 Å². The highest BCUT2D eigenvalue weighted by Crippen LogP contribution is 2.33. The van der Waals surface area contributed by atoms with E-state index in [1.165, 1.54) is 0 Å². The Labute approximate surface area is 116 Å². The second-order valence-electron chi connectivity index (χ2n) is 4.89. The number of rotatable bonds is 8. The van der Waals surface area contributed by atoms with Gasteiger partial charge in [0.15, 0.2) is 0 Å². The molecule has 3 N–H and O–H groups in total. The molecule has 0 aliphatic rings. The van der Waals surface area contributed by atoms with E-state index in [9.17, 15) is 0 Å². The molecule has 0 spiro atoms. The molecule has 0 amide bonds. The van der Waals surface area contributed by atoms with Gasteiger partial charge in [0.25, 0.3) is 0 Å². The third-order valence-corrected chi connectivity index (χ3v) is 3.28. The van der Waals surface area contributed by atoms with Gasteiger partial charge in [-0.15, -0.1) is 0 Å². The van der Waals surface area contributed by atoms with Crippen LogP contribution in [-0.2, 0) is 0 Å². The summed E-state index contributed by atoms with van der Waals surface area (Å²) in [6.45, 7) is 3.20. The van der Waals surface area contributed by atoms with Crippen LogP contribution in [0, 0.1) is 0 Å². The number of anilines is 1. The summed E-state index contributed by atoms with van der Waals surface area (Å²) in [4.78, 5) is 2.21. The molecular weight excluding hydrogens is 240 g/mol. The Morgan fingerprint density at radius 2 is 2.05 bits per heavy atom. The van der Waals surface area contributed by atoms with Gasteiger partial charge in [-0.25, -0.2) is 0 Å². The van der Waals surface area contributed by atoms with E-state index in [0.29, 0.717) is 0 Å². The first-order chi connectivity index (χ1) is 9.11. The number of benzene rings is 1. The Kier molecular flexibility index (Phi) is 6.67. The lowest BCUT2D eigenvalue weighted by Crippen LogP contribution is -2.22. The van der Waals surface area contributed by atoms with E-state index in [2.05, 4.69) is 18.0 Å². The molecule has 0 aliphatic heterocycles. The first-order valence-corrected chi connectivity index (χ1v) is 6.86. The van der Waals surface area contributed by atoms with Crippen LogP contribution in [-0.4, -0.2) is 32.4 Å². The van der Waals surface area contributed by atoms with Crippen molar-refractivity contribution in [2.24, 2.45) is 5.73 Å². The number of unbranched alkanes of at least 4 members (excludes halogenated alkanes) is 2. The van der Waals surface area contributed by atoms with Gasteiger partial charge >= 0.3 is 0 Å². The minimum atomic E-state index is -0.0639. The number of methoxy groups -OCH3 is 1. The van der Waals surface area contributed by atoms with Gasteiger partial charge in [-0.05, 0) is 38.3 Å². The first kappa shape index (κ1) is 15.8. The van der Waals surface area contributed by atoms with Crippen LogP contribution in [0.3, 0.4) is 0 Å². The lowest BCUT2D eigenvalue weighted by Gasteiger charge is -2.25. The lowest BCUT2D eigenvalue weighted by atomic mass is 10.0. The van der Waals surface area contributed by atoms with Crippen LogP contribution >= 0.6 is 0 Å². The molecule has 0 unspecified atom stereocenters. The van der Waals surface area contributed by atoms with Crippen molar-refractivity contribution in [2.45, 2.75) is 32.2 Å². The molecule has 0 saturated heterocycles. The summed E-state index contributed by atoms with van der Waals surface area (Å²) in [6, 6.07) is 5.95. The molecule has 1 aromatic rings. The molecule has 4 heteroatoms. The zero-order chi connectivity index (χ0) is 14.3. The number of aliphatic hydroxyl groups is 1. The summed E-state index contributed by atoms with van der Waals surface area (Å²) in [5, 5.41) is 8.79. The van der Waals surface area contributed by atoms with Crippen molar-refractivity contribution in [3.05, 3.63) is 23.8 Å². The normalized spacial score (nSPS) is 12.3. The number of ether oxygens (including phenoxy) is 1. The summed E-state index contributed by atoms with van der Waals surface area (Å²) in [5.41, 5.74) is 8.24. The molecule has 0 saturated carbocycles. The zero-order valence-electron chi connectivity index (χ0n) is 12.2. The van der Waals surface area contributed by atoms with Crippen LogP contribution in [0.2, 0.25) is 0 Å². The monoisotopic (exact) mass is 266 g/mol. The van der Waals surface area contributed by atoms with E-state index in [1.54, 1.807) is 7.11 Å². The van der Waals surface area contributed by atoms with E-state index in [1.807, 2.05) is 19.1 Å². The summed E-state index contributed by atoms with van der Waals surface area (Å²) in [7, 11) is 3.74. The van der Waals surface area contributed by atoms with E-state index in [0.717, 1.165) is 42.8 Å². The molecule has 0 bridgehead atoms. The predicted molar refractivity (Wildman–Crippen MR) is 79.8 cm³/mol. The third kappa shape index (κ3) is 4.40. The summed E-state index contributed by atoms with van der Waals surface area (Å²) in [5.74, 6) is 0.842. The Bertz CT molecular complexity index is 380. The van der Waals surface area contributed by atoms with Gasteiger partial charge in [0.1, 0.15) is 5.75 Å². The van der Waals surface area contributed by atoms with Crippen molar-refractivity contribution >= 4 is 5.69 Å². The molecule has 0 fully saturated rings. The number of nitrogens with zero attached hydrogens (tertiary/aromatic N) is 1. The highest BCUT2D eigenvalue weighted by Gasteiger charge is 2.15. The van der Waals surface area contributed by atoms with Crippen LogP contribution in [0.4, 0.5) is 5.69 Å². The molecule has 19 heavy (non-hydrogen) atoms. The van der Waals surface area contributed by atoms with Crippen molar-refractivity contribution in [3.63, 3.8) is 0 Å². The van der Waals surface area contributed by atoms with Crippen LogP contribution in [0.15, 0.2) is 18.2 Å². The molecule has 0 aliphatic carbocycles. The molecule has 0 radical (unpaired) electrons. The maximum absolute atomic E-state index is 8.79. The van der Waals surface area contributed by atoms with Gasteiger partial charge in [0.2, 0.25) is 0 Å². The summed E-state index contributed by atoms with van der Waals surface area (Å²) < 4.78 is 5.40. The second kappa shape index (κ2) is 8.02. The fourth-order valence-corrected chi connectivity index (χ4v) is 2.26. The molecule has 108 valence electrons. The number of aliphatic hydroxyl groups excluding tert-OH is 1. The smallest absolute Gasteiger partial charge is 0.125 e. The minimum Gasteiger partial charge on any atom is -0.496 e. The van der Waals surface area contributed by atoms with Crippen LogP contribution in [0.5, 0.6) is 5.75 Å². The third-order valence-electron chi connectivity index (χ3n) is 3.28. The Morgan fingerprint density at radius 3 is 2.63 bits per heavy atom. The maximum Gasteiger partial charge on any atom is 0.125 e. The van der Waals surface area contributed by atoms with Gasteiger partial charge in [-0.3, -0.25) is 0 Å². The molecule has 1 aromatic carbocycles. The van der Waals surface area contributed by atoms with Gasteiger partial charge in [-0.1, -0.05) is 6.07 Å². The van der Waals surface area contributed by atoms with Gasteiger partial charge in [0.05, 0.1) is 7.11 Å². The van der Waals surface area contributed by atoms with E-state index in [4.69, 9.17) is 15.6 Å². The number of hydrogen-bond acceptors (Lipinski definition) is 4. The van der Waals surface area contributed by atoms with Crippen molar-refractivity contribution in [2.75, 3.05) is 32.2 Å². The molecule has 0 heterocycles. The second-order valence-corrected chi connectivity index (χ2v) is 4.89. The molecule has 4 nitrogen and oxygen atoms in total. The quantitative estimate of drug-likeness (QED) is 0.709. The molecule has 1 rings (SSSR count). The van der Waals surface area contributed by atoms with Gasteiger partial charge < -0.3 is 20.5 Å². The number of nitrogens with two attached hydrogens (primary N) is 1. The predicted octanol–water partition coefficient (Wildman–Crippen LogP) is 2.31. The standard InChI is InChI=1S/C15H26N2O2/c1-12(16)15-13(8-7-9-14(15)19-3)17(2)10-5-4-6-11-18/h7-9,12,18H,4-6,10-11,16H2,1-3H3/t12-/m0/s1. The Balaban J connectivity index is 2.80. The van der Waals surface area contributed by atoms with Gasteiger partial charge in [-0.2, -0.15) is 0 Å². The van der Waals surface area contributed by atoms with Gasteiger partial charge in [0, 0.05) is 37.5 Å². The zero-order valence-corrected chi connectivity index (χ0v) is 12.2. The average molecular weight is 266 g/mol. The minimum absolute atomic E-state index is 0.0639. The van der Waals surface area contributed by atoms with Crippen molar-refractivity contribution in [3.8, 4) is 5.75 Å². The molecule has 0 aromatic heterocycles. The Hall–Kier alpha value is -1.26. The van der Waals surface area contributed by atoms with Crippen molar-refractivity contribution in [1.82, 2.24) is 0 Å². The summed E-state index contributed by atoms with van der Waals surface area (Å²) in [6.07, 6.45) is 2.97. The Morgan fingerprint density at radius 1 is 1.32 bits per heavy atom. The number of hydrogen-bond donors (Lipinski definition) is 2. The maximum atomic E-state index is 8.79. The topological polar surface area (TPSA) is 58.7 Å². The largest absolute Gasteiger partial charge is 0.496 e. The molecular formula is C15H26N2O2. The average Bonchev–Trinajstić information content (AvgIpc) is 2.42. The van der Waals surface area contributed by atoms with E-state index in [-0.39, 0.29) is 12.6 Å². The van der Waals surface area contributed by atoms with Crippen LogP contribution in [0.25, 0.3) is 0 Å².